The summed E-state index contributed by atoms with van der Waals surface area (Å²) >= 11 is 0. The van der Waals surface area contributed by atoms with Crippen molar-refractivity contribution in [2.24, 2.45) is 5.73 Å². The molecule has 0 aliphatic carbocycles. The summed E-state index contributed by atoms with van der Waals surface area (Å²) in [6.07, 6.45) is 1.96. The van der Waals surface area contributed by atoms with Crippen LogP contribution in [0.4, 0.5) is 0 Å². The minimum Gasteiger partial charge on any atom is -0.392 e. The van der Waals surface area contributed by atoms with E-state index in [9.17, 15) is 5.11 Å². The molecule has 60 valence electrons. The highest BCUT2D eigenvalue weighted by Gasteiger charge is 2.15. The van der Waals surface area contributed by atoms with Gasteiger partial charge in [-0.1, -0.05) is 0 Å². The second-order valence-electron chi connectivity index (χ2n) is 2.89. The molecule has 0 aromatic heterocycles. The molecule has 1 aliphatic rings. The number of hydrogen-bond donors (Lipinski definition) is 2. The second-order valence-corrected chi connectivity index (χ2v) is 2.89. The van der Waals surface area contributed by atoms with Crippen LogP contribution in [0.2, 0.25) is 0 Å². The summed E-state index contributed by atoms with van der Waals surface area (Å²) in [6, 6.07) is 0. The summed E-state index contributed by atoms with van der Waals surface area (Å²) in [5.41, 5.74) is 5.38. The monoisotopic (exact) mass is 144 g/mol. The molecular formula is C7H16N2O. The quantitative estimate of drug-likeness (QED) is 0.544. The molecular weight excluding hydrogens is 128 g/mol. The van der Waals surface area contributed by atoms with Crippen LogP contribution in [-0.4, -0.2) is 42.3 Å². The Morgan fingerprint density at radius 3 is 3.00 bits per heavy atom. The molecule has 3 nitrogen and oxygen atoms in total. The maximum Gasteiger partial charge on any atom is 0.0667 e. The average Bonchev–Trinajstić information content (AvgIpc) is 1.88. The standard InChI is InChI=1S/C7H16N2O/c8-3-5-9-4-1-2-7(10)6-9/h7,10H,1-6,8H2/t7-/m1/s1. The van der Waals surface area contributed by atoms with Gasteiger partial charge in [-0.25, -0.2) is 0 Å². The molecule has 0 aromatic carbocycles. The van der Waals surface area contributed by atoms with E-state index in [0.717, 1.165) is 32.5 Å². The highest BCUT2D eigenvalue weighted by molar-refractivity contribution is 4.71. The van der Waals surface area contributed by atoms with E-state index in [2.05, 4.69) is 4.90 Å². The van der Waals surface area contributed by atoms with Crippen LogP contribution in [0.25, 0.3) is 0 Å². The Hall–Kier alpha value is -0.120. The number of piperidine rings is 1. The van der Waals surface area contributed by atoms with Gasteiger partial charge in [0, 0.05) is 19.6 Å². The van der Waals surface area contributed by atoms with Gasteiger partial charge >= 0.3 is 0 Å². The maximum absolute atomic E-state index is 9.22. The minimum absolute atomic E-state index is 0.111. The van der Waals surface area contributed by atoms with Gasteiger partial charge in [0.25, 0.3) is 0 Å². The van der Waals surface area contributed by atoms with Crippen LogP contribution in [0.5, 0.6) is 0 Å². The largest absolute Gasteiger partial charge is 0.392 e. The van der Waals surface area contributed by atoms with Gasteiger partial charge in [0.15, 0.2) is 0 Å². The SMILES string of the molecule is NCCN1CCC[C@@H](O)C1. The van der Waals surface area contributed by atoms with Gasteiger partial charge in [-0.2, -0.15) is 0 Å². The predicted octanol–water partition coefficient (Wildman–Crippen LogP) is -0.598. The lowest BCUT2D eigenvalue weighted by Gasteiger charge is -2.29. The number of hydrogen-bond acceptors (Lipinski definition) is 3. The molecule has 3 N–H and O–H groups in total. The van der Waals surface area contributed by atoms with Crippen LogP contribution in [0.15, 0.2) is 0 Å². The van der Waals surface area contributed by atoms with E-state index in [1.54, 1.807) is 0 Å². The lowest BCUT2D eigenvalue weighted by atomic mass is 10.1. The smallest absolute Gasteiger partial charge is 0.0667 e. The molecule has 1 fully saturated rings. The molecule has 1 aliphatic heterocycles. The summed E-state index contributed by atoms with van der Waals surface area (Å²) in [5, 5.41) is 9.22. The maximum atomic E-state index is 9.22. The number of nitrogens with zero attached hydrogens (tertiary/aromatic N) is 1. The van der Waals surface area contributed by atoms with E-state index >= 15 is 0 Å². The van der Waals surface area contributed by atoms with E-state index in [1.165, 1.54) is 0 Å². The summed E-state index contributed by atoms with van der Waals surface area (Å²) in [5.74, 6) is 0. The lowest BCUT2D eigenvalue weighted by molar-refractivity contribution is 0.0725. The molecule has 0 amide bonds. The van der Waals surface area contributed by atoms with Gasteiger partial charge in [0.1, 0.15) is 0 Å². The number of rotatable bonds is 2. The highest BCUT2D eigenvalue weighted by atomic mass is 16.3. The van der Waals surface area contributed by atoms with Crippen LogP contribution < -0.4 is 5.73 Å². The van der Waals surface area contributed by atoms with Crippen LogP contribution in [0.1, 0.15) is 12.8 Å². The third-order valence-corrected chi connectivity index (χ3v) is 1.93. The Kier molecular flexibility index (Phi) is 3.12. The van der Waals surface area contributed by atoms with E-state index in [4.69, 9.17) is 5.73 Å². The fourth-order valence-corrected chi connectivity index (χ4v) is 1.42. The molecule has 0 bridgehead atoms. The molecule has 1 heterocycles. The highest BCUT2D eigenvalue weighted by Crippen LogP contribution is 2.08. The minimum atomic E-state index is -0.111. The Balaban J connectivity index is 2.18. The molecule has 0 saturated carbocycles. The van der Waals surface area contributed by atoms with E-state index in [1.807, 2.05) is 0 Å². The number of nitrogens with two attached hydrogens (primary N) is 1. The summed E-state index contributed by atoms with van der Waals surface area (Å²) in [4.78, 5) is 2.22. The van der Waals surface area contributed by atoms with Crippen LogP contribution in [-0.2, 0) is 0 Å². The molecule has 10 heavy (non-hydrogen) atoms. The Labute approximate surface area is 61.8 Å². The first-order valence-corrected chi connectivity index (χ1v) is 3.93. The Morgan fingerprint density at radius 2 is 2.40 bits per heavy atom. The van der Waals surface area contributed by atoms with Crippen molar-refractivity contribution in [2.75, 3.05) is 26.2 Å². The zero-order valence-corrected chi connectivity index (χ0v) is 6.29. The number of aliphatic hydroxyl groups excluding tert-OH is 1. The first kappa shape index (κ1) is 7.98. The number of aliphatic hydroxyl groups is 1. The predicted molar refractivity (Wildman–Crippen MR) is 40.7 cm³/mol. The van der Waals surface area contributed by atoms with Gasteiger partial charge in [-0.15, -0.1) is 0 Å². The molecule has 0 spiro atoms. The normalized spacial score (nSPS) is 28.8. The van der Waals surface area contributed by atoms with Crippen molar-refractivity contribution in [3.8, 4) is 0 Å². The topological polar surface area (TPSA) is 49.5 Å². The number of likely N-dealkylation sites (tertiary alicyclic amines) is 1. The molecule has 0 unspecified atom stereocenters. The second kappa shape index (κ2) is 3.91. The Morgan fingerprint density at radius 1 is 1.60 bits per heavy atom. The van der Waals surface area contributed by atoms with Crippen molar-refractivity contribution in [3.05, 3.63) is 0 Å². The van der Waals surface area contributed by atoms with Crippen molar-refractivity contribution in [2.45, 2.75) is 18.9 Å². The van der Waals surface area contributed by atoms with Crippen LogP contribution in [0.3, 0.4) is 0 Å². The van der Waals surface area contributed by atoms with Gasteiger partial charge in [-0.05, 0) is 19.4 Å². The van der Waals surface area contributed by atoms with E-state index < -0.39 is 0 Å². The van der Waals surface area contributed by atoms with Crippen molar-refractivity contribution >= 4 is 0 Å². The molecule has 1 atom stereocenters. The van der Waals surface area contributed by atoms with Crippen molar-refractivity contribution in [3.63, 3.8) is 0 Å². The fourth-order valence-electron chi connectivity index (χ4n) is 1.42. The van der Waals surface area contributed by atoms with Crippen molar-refractivity contribution < 1.29 is 5.11 Å². The lowest BCUT2D eigenvalue weighted by Crippen LogP contribution is -2.40. The summed E-state index contributed by atoms with van der Waals surface area (Å²) in [7, 11) is 0. The summed E-state index contributed by atoms with van der Waals surface area (Å²) in [6.45, 7) is 3.55. The Bertz CT molecular complexity index is 95.6. The fraction of sp³-hybridized carbons (Fsp3) is 1.00. The molecule has 3 heteroatoms. The van der Waals surface area contributed by atoms with E-state index in [-0.39, 0.29) is 6.10 Å². The van der Waals surface area contributed by atoms with Gasteiger partial charge in [-0.3, -0.25) is 4.90 Å². The van der Waals surface area contributed by atoms with E-state index in [0.29, 0.717) is 6.54 Å². The first-order valence-electron chi connectivity index (χ1n) is 3.93. The van der Waals surface area contributed by atoms with Crippen molar-refractivity contribution in [1.29, 1.82) is 0 Å². The number of β-amino-alcohol motifs (C(OH)–C–C–N with tert-alkyl or cyclic N) is 1. The molecule has 1 rings (SSSR count). The first-order chi connectivity index (χ1) is 4.83. The zero-order valence-electron chi connectivity index (χ0n) is 6.29. The third kappa shape index (κ3) is 2.25. The molecule has 1 saturated heterocycles. The average molecular weight is 144 g/mol. The van der Waals surface area contributed by atoms with Gasteiger partial charge in [0.05, 0.1) is 6.10 Å². The van der Waals surface area contributed by atoms with Gasteiger partial charge in [0.2, 0.25) is 0 Å². The van der Waals surface area contributed by atoms with Crippen LogP contribution in [0, 0.1) is 0 Å². The van der Waals surface area contributed by atoms with Crippen LogP contribution >= 0.6 is 0 Å². The molecule has 0 radical (unpaired) electrons. The van der Waals surface area contributed by atoms with Gasteiger partial charge < -0.3 is 10.8 Å². The zero-order chi connectivity index (χ0) is 7.40. The van der Waals surface area contributed by atoms with Crippen molar-refractivity contribution in [1.82, 2.24) is 4.90 Å². The summed E-state index contributed by atoms with van der Waals surface area (Å²) < 4.78 is 0. The molecule has 0 aromatic rings. The third-order valence-electron chi connectivity index (χ3n) is 1.93.